The van der Waals surface area contributed by atoms with Gasteiger partial charge in [-0.15, -0.1) is 0 Å². The van der Waals surface area contributed by atoms with Gasteiger partial charge in [-0.3, -0.25) is 53.3 Å². The number of benzene rings is 2. The van der Waals surface area contributed by atoms with Crippen LogP contribution in [0.5, 0.6) is 0 Å². The largest absolute Gasteiger partial charge is 0.480 e. The predicted molar refractivity (Wildman–Crippen MR) is 428 cm³/mol. The number of esters is 2. The summed E-state index contributed by atoms with van der Waals surface area (Å²) in [6.45, 7) is 16.3. The van der Waals surface area contributed by atoms with Crippen molar-refractivity contribution in [1.82, 2.24) is 99.8 Å². The molecule has 121 heavy (non-hydrogen) atoms. The van der Waals surface area contributed by atoms with Crippen LogP contribution in [0.15, 0.2) is 94.0 Å². The Hall–Kier alpha value is -14.6. The SMILES string of the molecule is CC(C)(C)OC(=O)NCCN(CC(=O)O)C(=O)Cn1cnc2c(NC(=O)CCNC(=O)OCc3ccccc3)[nH]c(=O)nc21.CCOC(=O)CN(CCNC(=O)OC(C)(C)C)C(=O)Cn1cnc2c(N)[nH]c(=O)nc21.CCOC(=O)CN(CCNC(=O)OC(C)(C)C)C(=O)Cn1cnc2c(NC(=O)CCNC(=O)OCc3ccccc3)[nH]c(=O)nc21. The highest BCUT2D eigenvalue weighted by Gasteiger charge is 2.27. The number of nitrogen functional groups attached to an aromatic ring is 1. The molecule has 8 rings (SSSR count). The fraction of sp³-hybridized carbons (Fsp3) is 0.459. The molecule has 0 spiro atoms. The average molecular weight is 1690 g/mol. The lowest BCUT2D eigenvalue weighted by Crippen LogP contribution is -2.44. The molecule has 0 unspecified atom stereocenters. The summed E-state index contributed by atoms with van der Waals surface area (Å²) < 4.78 is 39.4. The maximum atomic E-state index is 13.2. The molecule has 0 aliphatic heterocycles. The van der Waals surface area contributed by atoms with Gasteiger partial charge in [-0.2, -0.15) is 15.0 Å². The molecule has 0 aliphatic carbocycles. The second-order valence-corrected chi connectivity index (χ2v) is 28.7. The Morgan fingerprint density at radius 3 is 1.07 bits per heavy atom. The zero-order valence-corrected chi connectivity index (χ0v) is 68.4. The van der Waals surface area contributed by atoms with Crippen LogP contribution in [0.4, 0.5) is 41.4 Å². The number of carbonyl (C=O) groups excluding carboxylic acids is 12. The third-order valence-electron chi connectivity index (χ3n) is 15.4. The third kappa shape index (κ3) is 34.2. The van der Waals surface area contributed by atoms with Crippen molar-refractivity contribution in [2.45, 2.75) is 139 Å². The molecule has 6 aromatic heterocycles. The summed E-state index contributed by atoms with van der Waals surface area (Å²) in [6.07, 6.45) is 0.0193. The monoisotopic (exact) mass is 1690 g/mol. The minimum Gasteiger partial charge on any atom is -0.480 e. The van der Waals surface area contributed by atoms with Crippen LogP contribution in [0.3, 0.4) is 0 Å². The van der Waals surface area contributed by atoms with Crippen molar-refractivity contribution in [2.24, 2.45) is 0 Å². The van der Waals surface area contributed by atoms with Crippen molar-refractivity contribution < 1.29 is 101 Å². The minimum atomic E-state index is -1.27. The number of hydrogen-bond donors (Lipinski definition) is 12. The van der Waals surface area contributed by atoms with Crippen molar-refractivity contribution >= 4 is 129 Å². The maximum Gasteiger partial charge on any atom is 0.407 e. The van der Waals surface area contributed by atoms with Gasteiger partial charge in [-0.1, -0.05) is 60.7 Å². The zero-order chi connectivity index (χ0) is 89.2. The molecule has 13 N–H and O–H groups in total. The van der Waals surface area contributed by atoms with Gasteiger partial charge in [0.15, 0.2) is 16.9 Å². The number of anilines is 3. The summed E-state index contributed by atoms with van der Waals surface area (Å²) in [4.78, 5) is 230. The second-order valence-electron chi connectivity index (χ2n) is 28.7. The highest BCUT2D eigenvalue weighted by molar-refractivity contribution is 5.98. The Morgan fingerprint density at radius 2 is 0.744 bits per heavy atom. The Kier molecular flexibility index (Phi) is 36.0. The number of nitrogens with one attached hydrogen (secondary N) is 10. The summed E-state index contributed by atoms with van der Waals surface area (Å²) in [5.74, 6) is -5.41. The summed E-state index contributed by atoms with van der Waals surface area (Å²) >= 11 is 0. The molecule has 47 heteroatoms. The first-order chi connectivity index (χ1) is 57.1. The number of nitrogens with zero attached hydrogens (tertiary/aromatic N) is 12. The highest BCUT2D eigenvalue weighted by Crippen LogP contribution is 2.20. The lowest BCUT2D eigenvalue weighted by molar-refractivity contribution is -0.149. The maximum absolute atomic E-state index is 13.2. The second kappa shape index (κ2) is 45.8. The van der Waals surface area contributed by atoms with E-state index in [0.29, 0.717) is 0 Å². The number of carboxylic acid groups (broad SMARTS) is 1. The van der Waals surface area contributed by atoms with E-state index in [1.807, 2.05) is 36.4 Å². The Balaban J connectivity index is 0.000000287. The number of aliphatic carboxylic acids is 1. The summed E-state index contributed by atoms with van der Waals surface area (Å²) in [6, 6.07) is 18.1. The standard InChI is InChI=1S/C29H38N8O9.C27H34N8O9.C18H27N7O6/c1-5-44-22(40)16-36(14-13-31-28(43)46-29(2,3)4)21(39)15-37-18-32-23-24(34-26(41)35-25(23)37)33-20(38)11-12-30-27(42)45-17-19-9-7-6-8-10-19;1-27(2,3)44-26(42)29-11-12-34(14-20(38)39)19(37)13-35-16-30-21-22(32-24(40)33-23(21)35)31-18(36)9-10-28-25(41)43-15-17-7-5-4-6-8-17;1-5-30-12(27)9-24(7-6-20-17(29)31-18(2,3)4)11(26)8-25-10-21-13-14(19)22-16(28)23-15(13)25/h6-10,18H,5,11-17H2,1-4H3,(H,30,42)(H,31,43)(H2,33,34,35,38,41);4-8,16H,9-15H2,1-3H3,(H,28,41)(H,29,42)(H,38,39)(H2,31,32,33,36,40);10H,5-9H2,1-4H3,(H,20,29)(H3,19,22,23,28). The van der Waals surface area contributed by atoms with Gasteiger partial charge in [0.05, 0.1) is 32.2 Å². The van der Waals surface area contributed by atoms with Gasteiger partial charge in [-0.05, 0) is 87.3 Å². The first-order valence-corrected chi connectivity index (χ1v) is 37.5. The van der Waals surface area contributed by atoms with E-state index in [9.17, 15) is 81.8 Å². The van der Waals surface area contributed by atoms with Gasteiger partial charge in [0.1, 0.15) is 103 Å². The number of fused-ring (bicyclic) bond motifs is 3. The number of nitrogens with two attached hydrogens (primary N) is 1. The van der Waals surface area contributed by atoms with Crippen molar-refractivity contribution in [3.63, 3.8) is 0 Å². The van der Waals surface area contributed by atoms with E-state index >= 15 is 0 Å². The van der Waals surface area contributed by atoms with Crippen LogP contribution in [0.1, 0.15) is 100 Å². The van der Waals surface area contributed by atoms with Crippen LogP contribution < -0.4 is 60.0 Å². The molecule has 0 saturated heterocycles. The van der Waals surface area contributed by atoms with Crippen molar-refractivity contribution in [1.29, 1.82) is 0 Å². The topological polar surface area (TPSA) is 617 Å². The Bertz CT molecular complexity index is 5120. The van der Waals surface area contributed by atoms with Crippen LogP contribution in [0.2, 0.25) is 0 Å². The Morgan fingerprint density at radius 1 is 0.430 bits per heavy atom. The van der Waals surface area contributed by atoms with Crippen LogP contribution in [-0.4, -0.2) is 258 Å². The molecule has 47 nitrogen and oxygen atoms in total. The summed E-state index contributed by atoms with van der Waals surface area (Å²) in [5.41, 5.74) is 3.38. The minimum absolute atomic E-state index is 0.00187. The number of carboxylic acids is 1. The molecule has 8 aromatic rings. The van der Waals surface area contributed by atoms with E-state index in [1.54, 1.807) is 100 Å². The number of aromatic amines is 3. The van der Waals surface area contributed by atoms with Crippen LogP contribution in [-0.2, 0) is 104 Å². The molecule has 0 bridgehead atoms. The first kappa shape index (κ1) is 95.2. The molecule has 6 heterocycles. The molecule has 0 atom stereocenters. The van der Waals surface area contributed by atoms with Crippen LogP contribution in [0, 0.1) is 0 Å². The normalized spacial score (nSPS) is 11.0. The number of imidazole rings is 3. The van der Waals surface area contributed by atoms with Crippen molar-refractivity contribution in [3.8, 4) is 0 Å². The zero-order valence-electron chi connectivity index (χ0n) is 68.4. The molecule has 0 saturated carbocycles. The van der Waals surface area contributed by atoms with Crippen LogP contribution in [0.25, 0.3) is 33.5 Å². The molecule has 0 aliphatic rings. The van der Waals surface area contributed by atoms with E-state index in [4.69, 9.17) is 38.9 Å². The molecule has 0 fully saturated rings. The molecule has 10 amide bonds. The summed E-state index contributed by atoms with van der Waals surface area (Å²) in [7, 11) is 0. The van der Waals surface area contributed by atoms with Gasteiger partial charge in [0, 0.05) is 65.2 Å². The van der Waals surface area contributed by atoms with E-state index in [-0.39, 0.29) is 162 Å². The fourth-order valence-corrected chi connectivity index (χ4v) is 10.3. The molecule has 654 valence electrons. The van der Waals surface area contributed by atoms with E-state index in [1.165, 1.54) is 42.5 Å². The quantitative estimate of drug-likeness (QED) is 0.0199. The summed E-state index contributed by atoms with van der Waals surface area (Å²) in [5, 5.41) is 26.7. The van der Waals surface area contributed by atoms with Gasteiger partial charge in [0.25, 0.3) is 0 Å². The number of amides is 10. The number of carbonyl (C=O) groups is 13. The number of ether oxygens (including phenoxy) is 7. The predicted octanol–water partition coefficient (Wildman–Crippen LogP) is 1.72. The van der Waals surface area contributed by atoms with Crippen molar-refractivity contribution in [2.75, 3.05) is 102 Å². The lowest BCUT2D eigenvalue weighted by atomic mass is 10.2. The number of H-pyrrole nitrogens is 3. The number of aromatic nitrogens is 12. The van der Waals surface area contributed by atoms with Gasteiger partial charge < -0.3 is 110 Å². The lowest BCUT2D eigenvalue weighted by Gasteiger charge is -2.23. The third-order valence-corrected chi connectivity index (χ3v) is 15.4. The fourth-order valence-electron chi connectivity index (χ4n) is 10.3. The Labute approximate surface area is 689 Å². The smallest absolute Gasteiger partial charge is 0.407 e. The van der Waals surface area contributed by atoms with Crippen LogP contribution >= 0.6 is 0 Å². The van der Waals surface area contributed by atoms with Gasteiger partial charge >= 0.3 is 65.4 Å². The highest BCUT2D eigenvalue weighted by atomic mass is 16.6. The van der Waals surface area contributed by atoms with Gasteiger partial charge in [0.2, 0.25) is 29.5 Å². The first-order valence-electron chi connectivity index (χ1n) is 37.5. The number of alkyl carbamates (subject to hydrolysis) is 5. The molecular formula is C74H99N23O24. The van der Waals surface area contributed by atoms with Gasteiger partial charge in [-0.25, -0.2) is 53.3 Å². The average Bonchev–Trinajstić information content (AvgIpc) is 1.64. The van der Waals surface area contributed by atoms with Crippen molar-refractivity contribution in [3.05, 3.63) is 122 Å². The molecular weight excluding hydrogens is 1590 g/mol. The molecule has 0 radical (unpaired) electrons. The van der Waals surface area contributed by atoms with E-state index < -0.39 is 131 Å². The number of rotatable bonds is 35. The number of hydrogen-bond acceptors (Lipinski definition) is 30. The van der Waals surface area contributed by atoms with E-state index in [2.05, 4.69) is 82.1 Å². The molecule has 2 aromatic carbocycles. The van der Waals surface area contributed by atoms with E-state index in [0.717, 1.165) is 16.0 Å².